The molecule has 0 spiro atoms. The highest BCUT2D eigenvalue weighted by Gasteiger charge is 2.52. The van der Waals surface area contributed by atoms with Crippen LogP contribution in [0.5, 0.6) is 5.75 Å². The van der Waals surface area contributed by atoms with Crippen LogP contribution in [0.4, 0.5) is 0 Å². The summed E-state index contributed by atoms with van der Waals surface area (Å²) in [5.74, 6) is -5.78. The largest absolute Gasteiger partial charge is 0.534 e. The molecule has 84 heavy (non-hydrogen) atoms. The maximum atomic E-state index is 15.2. The van der Waals surface area contributed by atoms with Gasteiger partial charge in [0.25, 0.3) is 11.8 Å². The number of ether oxygens (including phenoxy) is 1. The average molecular weight is 1190 g/mol. The number of carbonyl (C=O) groups is 8. The van der Waals surface area contributed by atoms with Gasteiger partial charge >= 0.3 is 14.3 Å². The van der Waals surface area contributed by atoms with E-state index in [4.69, 9.17) is 9.16 Å². The number of carbonyl (C=O) groups excluding carboxylic acids is 8. The standard InChI is InChI=1S/C64H87N7O11SSi/c1-11-13-17-32-54(73)65-51(37-39-83-10)59(76)70-56-43(5)81-63(80)55(42(3)4)69-60(77)53(41-45-33-35-46(36-34-45)82-84(64(6,7)8,47-27-20-15-21-28-47)48-29-22-16-23-30-48)71(9)62(79)52(40-44-25-18-14-19-26-44)68-58(75)50(31-24-38-72)67-57(74)49(12-2)66-61(56)78/h12,14-16,18-23,25-30,33-36,42-43,50-53,55-56,72H,11,13,17,24,31-32,37-41H2,1-10H3,(H,65,73)(H,66,78)(H,67,74)(H,68,75)(H,69,77)(H,70,76)/b49-12-/t43-,50+,51+,52+,53?,55+,56?/m1/s1. The fourth-order valence-corrected chi connectivity index (χ4v) is 15.1. The van der Waals surface area contributed by atoms with Crippen LogP contribution in [-0.4, -0.2) is 134 Å². The summed E-state index contributed by atoms with van der Waals surface area (Å²) < 4.78 is 13.3. The van der Waals surface area contributed by atoms with Gasteiger partial charge in [-0.3, -0.25) is 33.6 Å². The quantitative estimate of drug-likeness (QED) is 0.0227. The molecule has 1 aliphatic rings. The number of esters is 1. The van der Waals surface area contributed by atoms with Crippen LogP contribution in [0, 0.1) is 5.92 Å². The Bertz CT molecular complexity index is 2820. The van der Waals surface area contributed by atoms with Crippen LogP contribution in [0.3, 0.4) is 0 Å². The number of cyclic esters (lactones) is 1. The first-order valence-corrected chi connectivity index (χ1v) is 32.4. The molecule has 4 aromatic rings. The molecule has 1 fully saturated rings. The second-order valence-corrected chi connectivity index (χ2v) is 27.8. The molecule has 4 aromatic carbocycles. The van der Waals surface area contributed by atoms with E-state index in [2.05, 4.69) is 76.9 Å². The summed E-state index contributed by atoms with van der Waals surface area (Å²) >= 11 is 1.45. The van der Waals surface area contributed by atoms with Crippen LogP contribution >= 0.6 is 11.8 Å². The minimum atomic E-state index is -3.06. The molecular formula is C64H87N7O11SSi. The maximum Gasteiger partial charge on any atom is 0.329 e. The van der Waals surface area contributed by atoms with Gasteiger partial charge in [0.15, 0.2) is 0 Å². The van der Waals surface area contributed by atoms with Gasteiger partial charge in [0.1, 0.15) is 53.8 Å². The van der Waals surface area contributed by atoms with Gasteiger partial charge in [-0.15, -0.1) is 0 Å². The first-order valence-electron chi connectivity index (χ1n) is 29.1. The topological polar surface area (TPSA) is 251 Å². The van der Waals surface area contributed by atoms with E-state index in [1.165, 1.54) is 43.6 Å². The highest BCUT2D eigenvalue weighted by molar-refractivity contribution is 7.98. The van der Waals surface area contributed by atoms with Crippen molar-refractivity contribution in [1.82, 2.24) is 36.8 Å². The highest BCUT2D eigenvalue weighted by atomic mass is 32.2. The van der Waals surface area contributed by atoms with Gasteiger partial charge < -0.3 is 51.1 Å². The molecule has 0 aromatic heterocycles. The van der Waals surface area contributed by atoms with Crippen molar-refractivity contribution in [2.75, 3.05) is 25.7 Å². The SMILES string of the molecule is C/C=C1\NC(=O)C(NC(=O)[C@H](CCSC)NC(=O)CCCCC)[C@@H](C)OC(=O)[C@H](C(C)C)NC(=O)C(Cc2ccc(O[Si](c3ccccc3)(c3ccccc3)C(C)(C)C)cc2)N(C)C(=O)[C@H](Cc2ccccc2)NC(=O)[C@H](CCCO)NC1=O. The monoisotopic (exact) mass is 1190 g/mol. The van der Waals surface area contributed by atoms with Crippen LogP contribution in [0.15, 0.2) is 127 Å². The van der Waals surface area contributed by atoms with Crippen LogP contribution in [0.25, 0.3) is 0 Å². The summed E-state index contributed by atoms with van der Waals surface area (Å²) in [5, 5.41) is 28.1. The zero-order valence-electron chi connectivity index (χ0n) is 50.3. The van der Waals surface area contributed by atoms with E-state index in [1.807, 2.05) is 73.8 Å². The van der Waals surface area contributed by atoms with E-state index in [0.717, 1.165) is 23.2 Å². The van der Waals surface area contributed by atoms with Gasteiger partial charge in [-0.2, -0.15) is 11.8 Å². The Kier molecular flexibility index (Phi) is 26.3. The minimum absolute atomic E-state index is 0.0399. The summed E-state index contributed by atoms with van der Waals surface area (Å²) in [6.45, 7) is 14.4. The Balaban J connectivity index is 1.61. The van der Waals surface area contributed by atoms with Crippen LogP contribution in [-0.2, 0) is 55.9 Å². The van der Waals surface area contributed by atoms with Crippen LogP contribution < -0.4 is 46.7 Å². The Morgan fingerprint density at radius 1 is 0.786 bits per heavy atom. The Hall–Kier alpha value is -7.29. The number of likely N-dealkylation sites (N-methyl/N-ethyl adjacent to an activating group) is 1. The van der Waals surface area contributed by atoms with Gasteiger partial charge in [-0.1, -0.05) is 164 Å². The number of hydrogen-bond donors (Lipinski definition) is 7. The second kappa shape index (κ2) is 32.7. The van der Waals surface area contributed by atoms with Crippen LogP contribution in [0.1, 0.15) is 111 Å². The molecule has 1 saturated heterocycles. The molecule has 20 heteroatoms. The smallest absolute Gasteiger partial charge is 0.329 e. The zero-order chi connectivity index (χ0) is 61.6. The predicted octanol–water partition coefficient (Wildman–Crippen LogP) is 5.39. The lowest BCUT2D eigenvalue weighted by Crippen LogP contribution is -2.68. The average Bonchev–Trinajstić information content (AvgIpc) is 3.68. The van der Waals surface area contributed by atoms with E-state index < -0.39 is 98.0 Å². The zero-order valence-corrected chi connectivity index (χ0v) is 52.1. The summed E-state index contributed by atoms with van der Waals surface area (Å²) in [5.41, 5.74) is 0.946. The third-order valence-corrected chi connectivity index (χ3v) is 20.5. The molecule has 7 amide bonds. The number of hydrogen-bond acceptors (Lipinski definition) is 12. The third-order valence-electron chi connectivity index (χ3n) is 15.0. The number of nitrogens with zero attached hydrogens (tertiary/aromatic N) is 1. The molecular weight excluding hydrogens is 1100 g/mol. The van der Waals surface area contributed by atoms with Gasteiger partial charge in [-0.25, -0.2) is 4.79 Å². The minimum Gasteiger partial charge on any atom is -0.534 e. The summed E-state index contributed by atoms with van der Waals surface area (Å²) in [4.78, 5) is 117. The molecule has 7 N–H and O–H groups in total. The molecule has 0 bridgehead atoms. The number of unbranched alkanes of at least 4 members (excludes halogenated alkanes) is 2. The number of aliphatic hydroxyl groups is 1. The van der Waals surface area contributed by atoms with Crippen molar-refractivity contribution in [2.45, 2.75) is 161 Å². The molecule has 0 saturated carbocycles. The number of thioether (sulfide) groups is 1. The van der Waals surface area contributed by atoms with E-state index in [0.29, 0.717) is 29.1 Å². The molecule has 2 unspecified atom stereocenters. The van der Waals surface area contributed by atoms with Gasteiger partial charge in [0.2, 0.25) is 29.5 Å². The van der Waals surface area contributed by atoms with E-state index in [9.17, 15) is 33.9 Å². The summed E-state index contributed by atoms with van der Waals surface area (Å²) in [7, 11) is -1.62. The normalized spacial score (nSPS) is 20.7. The first kappa shape index (κ1) is 67.5. The number of nitrogens with one attached hydrogen (secondary N) is 6. The molecule has 0 radical (unpaired) electrons. The molecule has 0 aliphatic carbocycles. The van der Waals surface area contributed by atoms with E-state index in [1.54, 1.807) is 44.2 Å². The van der Waals surface area contributed by atoms with Crippen molar-refractivity contribution in [2.24, 2.45) is 5.92 Å². The van der Waals surface area contributed by atoms with Crippen molar-refractivity contribution in [1.29, 1.82) is 0 Å². The van der Waals surface area contributed by atoms with Gasteiger partial charge in [0.05, 0.1) is 0 Å². The van der Waals surface area contributed by atoms with Crippen molar-refractivity contribution in [3.8, 4) is 5.75 Å². The maximum absolute atomic E-state index is 15.2. The van der Waals surface area contributed by atoms with Crippen molar-refractivity contribution in [3.63, 3.8) is 0 Å². The van der Waals surface area contributed by atoms with E-state index in [-0.39, 0.29) is 61.8 Å². The number of amides is 7. The molecule has 1 aliphatic heterocycles. The van der Waals surface area contributed by atoms with E-state index >= 15 is 9.59 Å². The fourth-order valence-electron chi connectivity index (χ4n) is 10.2. The Labute approximate surface area is 501 Å². The lowest BCUT2D eigenvalue weighted by atomic mass is 9.99. The van der Waals surface area contributed by atoms with Crippen LogP contribution in [0.2, 0.25) is 5.04 Å². The summed E-state index contributed by atoms with van der Waals surface area (Å²) in [6.07, 6.45) is 4.17. The van der Waals surface area contributed by atoms with Crippen molar-refractivity contribution >= 4 is 77.8 Å². The molecule has 18 nitrogen and oxygen atoms in total. The van der Waals surface area contributed by atoms with Crippen molar-refractivity contribution in [3.05, 3.63) is 138 Å². The number of allylic oxidation sites excluding steroid dienone is 1. The van der Waals surface area contributed by atoms with Gasteiger partial charge in [-0.05, 0) is 96.1 Å². The lowest BCUT2D eigenvalue weighted by molar-refractivity contribution is -0.157. The number of benzene rings is 4. The Morgan fingerprint density at radius 2 is 1.38 bits per heavy atom. The molecule has 7 atom stereocenters. The third kappa shape index (κ3) is 18.6. The fraction of sp³-hybridized carbons (Fsp3) is 0.469. The summed E-state index contributed by atoms with van der Waals surface area (Å²) in [6, 6.07) is 28.4. The molecule has 5 rings (SSSR count). The molecule has 1 heterocycles. The second-order valence-electron chi connectivity index (χ2n) is 22.6. The lowest BCUT2D eigenvalue weighted by Gasteiger charge is -2.43. The van der Waals surface area contributed by atoms with Crippen molar-refractivity contribution < 1.29 is 52.6 Å². The Morgan fingerprint density at radius 3 is 1.93 bits per heavy atom. The molecule has 454 valence electrons. The number of aliphatic hydroxyl groups excluding tert-OH is 1. The predicted molar refractivity (Wildman–Crippen MR) is 331 cm³/mol. The highest BCUT2D eigenvalue weighted by Crippen LogP contribution is 2.38. The number of rotatable bonds is 22. The van der Waals surface area contributed by atoms with Gasteiger partial charge in [0, 0.05) is 32.9 Å². The first-order chi connectivity index (χ1) is 40.1.